The number of allylic oxidation sites excluding steroid dienone is 10. The standard InChI is InChI=1S/C33H26F4N4/c1-30(2)18-9-7-8-17-13-15-40-27(24(17)18)25-19(11-12-20(34)26(25)30)31(3)28-29(32(31,40)4)41-22(16-23(38-41)33(35,36)37)21-10-5-6-14-39(21)28/h5-15,17H,16H2,1-4H3. The smallest absolute Gasteiger partial charge is 0.335 e. The van der Waals surface area contributed by atoms with E-state index < -0.39 is 28.3 Å². The minimum Gasteiger partial charge on any atom is -0.335 e. The highest BCUT2D eigenvalue weighted by Gasteiger charge is 2.73. The van der Waals surface area contributed by atoms with Crippen LogP contribution in [0.1, 0.15) is 50.8 Å². The molecule has 0 radical (unpaired) electrons. The van der Waals surface area contributed by atoms with Gasteiger partial charge in [-0.25, -0.2) is 9.40 Å². The van der Waals surface area contributed by atoms with Crippen molar-refractivity contribution in [2.24, 2.45) is 11.0 Å². The predicted molar refractivity (Wildman–Crippen MR) is 148 cm³/mol. The van der Waals surface area contributed by atoms with Gasteiger partial charge in [-0.1, -0.05) is 50.3 Å². The molecule has 3 atom stereocenters. The van der Waals surface area contributed by atoms with E-state index in [9.17, 15) is 13.2 Å². The van der Waals surface area contributed by atoms with Crippen LogP contribution in [0.4, 0.5) is 17.6 Å². The molecule has 0 saturated carbocycles. The minimum atomic E-state index is -4.53. The third-order valence-electron chi connectivity index (χ3n) is 10.7. The molecule has 0 N–H and O–H groups in total. The number of hydrogen-bond donors (Lipinski definition) is 0. The third-order valence-corrected chi connectivity index (χ3v) is 10.7. The van der Waals surface area contributed by atoms with Gasteiger partial charge in [0.15, 0.2) is 0 Å². The number of fused-ring (bicyclic) bond motifs is 9. The van der Waals surface area contributed by atoms with Crippen molar-refractivity contribution in [2.45, 2.75) is 56.7 Å². The van der Waals surface area contributed by atoms with Crippen LogP contribution in [0, 0.1) is 11.7 Å². The van der Waals surface area contributed by atoms with Gasteiger partial charge in [-0.3, -0.25) is 0 Å². The number of halogens is 4. The van der Waals surface area contributed by atoms with Crippen molar-refractivity contribution < 1.29 is 17.6 Å². The van der Waals surface area contributed by atoms with Crippen LogP contribution in [-0.4, -0.2) is 32.2 Å². The Morgan fingerprint density at radius 3 is 2.56 bits per heavy atom. The van der Waals surface area contributed by atoms with E-state index >= 15 is 4.39 Å². The van der Waals surface area contributed by atoms with Crippen LogP contribution in [-0.2, 0) is 10.8 Å². The summed E-state index contributed by atoms with van der Waals surface area (Å²) in [5, 5.41) is 5.79. The molecule has 0 bridgehead atoms. The second-order valence-electron chi connectivity index (χ2n) is 12.8. The maximum atomic E-state index is 16.0. The van der Waals surface area contributed by atoms with Gasteiger partial charge in [-0.05, 0) is 48.8 Å². The summed E-state index contributed by atoms with van der Waals surface area (Å²) in [6, 6.07) is 3.47. The zero-order valence-corrected chi connectivity index (χ0v) is 22.9. The lowest BCUT2D eigenvalue weighted by molar-refractivity contribution is -0.0600. The average molecular weight is 555 g/mol. The summed E-state index contributed by atoms with van der Waals surface area (Å²) >= 11 is 0. The van der Waals surface area contributed by atoms with Crippen LogP contribution in [0.5, 0.6) is 0 Å². The summed E-state index contributed by atoms with van der Waals surface area (Å²) in [6.07, 6.45) is 13.2. The molecular formula is C33H26F4N4. The zero-order valence-electron chi connectivity index (χ0n) is 22.9. The number of rotatable bonds is 0. The first-order chi connectivity index (χ1) is 19.4. The van der Waals surface area contributed by atoms with Gasteiger partial charge in [-0.15, -0.1) is 0 Å². The molecule has 0 aromatic heterocycles. The van der Waals surface area contributed by atoms with Crippen molar-refractivity contribution in [3.05, 3.63) is 124 Å². The molecule has 1 aromatic carbocycles. The molecule has 5 aliphatic heterocycles. The number of hydrazone groups is 1. The van der Waals surface area contributed by atoms with Crippen LogP contribution in [0.2, 0.25) is 0 Å². The summed E-state index contributed by atoms with van der Waals surface area (Å²) in [6.45, 7) is 8.43. The Labute approximate surface area is 235 Å². The Hall–Kier alpha value is -4.07. The van der Waals surface area contributed by atoms with Crippen LogP contribution in [0.15, 0.2) is 106 Å². The molecule has 0 amide bonds. The fourth-order valence-corrected chi connectivity index (χ4v) is 8.77. The number of nitrogens with zero attached hydrogens (tertiary/aromatic N) is 4. The molecule has 0 spiro atoms. The molecule has 1 aromatic rings. The van der Waals surface area contributed by atoms with Crippen LogP contribution < -0.4 is 0 Å². The first-order valence-corrected chi connectivity index (χ1v) is 13.9. The molecule has 9 rings (SSSR count). The van der Waals surface area contributed by atoms with E-state index in [0.717, 1.165) is 39.4 Å². The lowest BCUT2D eigenvalue weighted by atomic mass is 9.47. The van der Waals surface area contributed by atoms with Crippen LogP contribution in [0.25, 0.3) is 5.70 Å². The largest absolute Gasteiger partial charge is 0.431 e. The zero-order chi connectivity index (χ0) is 28.4. The van der Waals surface area contributed by atoms with E-state index in [-0.39, 0.29) is 18.2 Å². The molecule has 8 heteroatoms. The Balaban J connectivity index is 1.40. The first-order valence-electron chi connectivity index (χ1n) is 13.9. The van der Waals surface area contributed by atoms with Crippen molar-refractivity contribution in [3.63, 3.8) is 0 Å². The lowest BCUT2D eigenvalue weighted by Crippen LogP contribution is -2.74. The van der Waals surface area contributed by atoms with Crippen molar-refractivity contribution in [1.29, 1.82) is 0 Å². The Morgan fingerprint density at radius 1 is 0.976 bits per heavy atom. The van der Waals surface area contributed by atoms with Crippen LogP contribution >= 0.6 is 0 Å². The van der Waals surface area contributed by atoms with Crippen molar-refractivity contribution in [3.8, 4) is 0 Å². The molecular weight excluding hydrogens is 528 g/mol. The summed E-state index contributed by atoms with van der Waals surface area (Å²) in [7, 11) is 0. The van der Waals surface area contributed by atoms with Gasteiger partial charge >= 0.3 is 6.18 Å². The fraction of sp³-hybridized carbons (Fsp3) is 0.303. The second kappa shape index (κ2) is 6.69. The van der Waals surface area contributed by atoms with Gasteiger partial charge in [0.1, 0.15) is 17.1 Å². The molecule has 3 unspecified atom stereocenters. The van der Waals surface area contributed by atoms with Crippen molar-refractivity contribution in [1.82, 2.24) is 14.8 Å². The summed E-state index contributed by atoms with van der Waals surface area (Å²) < 4.78 is 58.2. The van der Waals surface area contributed by atoms with Crippen LogP contribution in [0.3, 0.4) is 0 Å². The van der Waals surface area contributed by atoms with E-state index in [1.54, 1.807) is 11.1 Å². The van der Waals surface area contributed by atoms with E-state index in [1.807, 2.05) is 41.5 Å². The van der Waals surface area contributed by atoms with Gasteiger partial charge in [-0.2, -0.15) is 18.3 Å². The van der Waals surface area contributed by atoms with E-state index in [2.05, 4.69) is 62.1 Å². The Morgan fingerprint density at radius 2 is 1.78 bits per heavy atom. The van der Waals surface area contributed by atoms with Crippen molar-refractivity contribution in [2.75, 3.05) is 0 Å². The maximum absolute atomic E-state index is 16.0. The predicted octanol–water partition coefficient (Wildman–Crippen LogP) is 7.26. The van der Waals surface area contributed by atoms with Gasteiger partial charge in [0, 0.05) is 41.3 Å². The highest BCUT2D eigenvalue weighted by Crippen LogP contribution is 2.71. The third kappa shape index (κ3) is 2.31. The highest BCUT2D eigenvalue weighted by molar-refractivity contribution is 5.95. The minimum absolute atomic E-state index is 0.0384. The molecule has 206 valence electrons. The number of hydrogen-bond acceptors (Lipinski definition) is 4. The SMILES string of the molecule is CC1(C)C2=CC=CC3C=CN4C(=C23)c2c(ccc(F)c21)C1(C)C2=C(N3N=C(C(F)(F)F)CC3=C3C=CC=CN32)C41C. The Kier molecular flexibility index (Phi) is 3.86. The molecule has 3 aliphatic carbocycles. The molecule has 8 aliphatic rings. The molecule has 4 nitrogen and oxygen atoms in total. The van der Waals surface area contributed by atoms with Gasteiger partial charge in [0.05, 0.1) is 33.9 Å². The first kappa shape index (κ1) is 23.6. The highest BCUT2D eigenvalue weighted by atomic mass is 19.4. The monoisotopic (exact) mass is 554 g/mol. The number of benzene rings is 1. The summed E-state index contributed by atoms with van der Waals surface area (Å²) in [4.78, 5) is 4.24. The summed E-state index contributed by atoms with van der Waals surface area (Å²) in [5.41, 5.74) is 5.72. The fourth-order valence-electron chi connectivity index (χ4n) is 8.77. The molecule has 0 fully saturated rings. The lowest BCUT2D eigenvalue weighted by Gasteiger charge is -2.70. The van der Waals surface area contributed by atoms with Gasteiger partial charge in [0.25, 0.3) is 0 Å². The molecule has 0 saturated heterocycles. The van der Waals surface area contributed by atoms with E-state index in [0.29, 0.717) is 17.0 Å². The normalized spacial score (nSPS) is 32.4. The topological polar surface area (TPSA) is 22.1 Å². The van der Waals surface area contributed by atoms with Crippen molar-refractivity contribution >= 4 is 11.4 Å². The quantitative estimate of drug-likeness (QED) is 0.249. The number of alkyl halides is 3. The maximum Gasteiger partial charge on any atom is 0.431 e. The van der Waals surface area contributed by atoms with E-state index in [4.69, 9.17) is 0 Å². The summed E-state index contributed by atoms with van der Waals surface area (Å²) in [5.74, 6) is -0.203. The molecule has 5 heterocycles. The molecule has 41 heavy (non-hydrogen) atoms. The van der Waals surface area contributed by atoms with Gasteiger partial charge < -0.3 is 9.80 Å². The Bertz CT molecular complexity index is 1840. The van der Waals surface area contributed by atoms with Gasteiger partial charge in [0.2, 0.25) is 0 Å². The average Bonchev–Trinajstić information content (AvgIpc) is 3.39. The van der Waals surface area contributed by atoms with E-state index in [1.165, 1.54) is 0 Å². The second-order valence-corrected chi connectivity index (χ2v) is 12.8.